The van der Waals surface area contributed by atoms with Crippen molar-refractivity contribution >= 4 is 97.5 Å². The van der Waals surface area contributed by atoms with Gasteiger partial charge >= 0.3 is 0 Å². The van der Waals surface area contributed by atoms with Gasteiger partial charge in [-0.2, -0.15) is 0 Å². The standard InChI is InChI=1S/C65H39N5/c1-2-18-42(19-3-1)63-66-64(68-65(67-63)54-37-43-20-5-7-23-46(43)49-26-10-11-27-50(49)54)45-34-33-41-22-16-32-57(53(41)38-45)69-55-30-14-13-29-52(55)61-59(69)39-44-21-6-9-25-48(44)62(61)70-56-31-15-12-28-51(56)60-47-24-8-4-17-40(47)35-36-58(60)70/h1-39H. The molecule has 0 fully saturated rings. The van der Waals surface area contributed by atoms with Crippen LogP contribution in [-0.2, 0) is 0 Å². The normalized spacial score (nSPS) is 12.0. The lowest BCUT2D eigenvalue weighted by atomic mass is 9.97. The zero-order valence-corrected chi connectivity index (χ0v) is 37.8. The molecule has 0 amide bonds. The molecule has 15 aromatic rings. The van der Waals surface area contributed by atoms with E-state index in [2.05, 4.69) is 228 Å². The summed E-state index contributed by atoms with van der Waals surface area (Å²) in [4.78, 5) is 15.8. The Morgan fingerprint density at radius 2 is 0.800 bits per heavy atom. The van der Waals surface area contributed by atoms with E-state index in [1.807, 2.05) is 18.2 Å². The van der Waals surface area contributed by atoms with Crippen molar-refractivity contribution in [3.05, 3.63) is 237 Å². The first-order valence-electron chi connectivity index (χ1n) is 23.9. The van der Waals surface area contributed by atoms with Crippen molar-refractivity contribution in [2.75, 3.05) is 0 Å². The van der Waals surface area contributed by atoms with Crippen molar-refractivity contribution in [1.29, 1.82) is 0 Å². The number of hydrogen-bond acceptors (Lipinski definition) is 3. The van der Waals surface area contributed by atoms with E-state index in [9.17, 15) is 0 Å². The van der Waals surface area contributed by atoms with Crippen LogP contribution in [0, 0.1) is 0 Å². The quantitative estimate of drug-likeness (QED) is 0.162. The van der Waals surface area contributed by atoms with Gasteiger partial charge in [-0.15, -0.1) is 0 Å². The highest BCUT2D eigenvalue weighted by Crippen LogP contribution is 2.46. The summed E-state index contributed by atoms with van der Waals surface area (Å²) in [6, 6.07) is 85.3. The van der Waals surface area contributed by atoms with E-state index in [0.717, 1.165) is 55.0 Å². The number of fused-ring (bicyclic) bond motifs is 13. The van der Waals surface area contributed by atoms with Crippen molar-refractivity contribution in [3.63, 3.8) is 0 Å². The Kier molecular flexibility index (Phi) is 8.29. The Morgan fingerprint density at radius 1 is 0.257 bits per heavy atom. The van der Waals surface area contributed by atoms with Crippen LogP contribution in [-0.4, -0.2) is 24.1 Å². The monoisotopic (exact) mass is 889 g/mol. The van der Waals surface area contributed by atoms with Gasteiger partial charge in [-0.3, -0.25) is 0 Å². The average molecular weight is 890 g/mol. The molecule has 3 aromatic heterocycles. The molecule has 324 valence electrons. The molecule has 0 aliphatic carbocycles. The molecule has 0 radical (unpaired) electrons. The van der Waals surface area contributed by atoms with Crippen LogP contribution < -0.4 is 0 Å². The molecule has 5 heteroatoms. The fourth-order valence-electron chi connectivity index (χ4n) is 11.4. The Morgan fingerprint density at radius 3 is 1.59 bits per heavy atom. The second-order valence-electron chi connectivity index (χ2n) is 18.3. The zero-order chi connectivity index (χ0) is 45.9. The lowest BCUT2D eigenvalue weighted by Crippen LogP contribution is -2.01. The van der Waals surface area contributed by atoms with Crippen molar-refractivity contribution in [1.82, 2.24) is 24.1 Å². The van der Waals surface area contributed by atoms with E-state index in [1.54, 1.807) is 0 Å². The third kappa shape index (κ3) is 5.69. The van der Waals surface area contributed by atoms with Crippen LogP contribution in [0.5, 0.6) is 0 Å². The second-order valence-corrected chi connectivity index (χ2v) is 18.3. The lowest BCUT2D eigenvalue weighted by molar-refractivity contribution is 1.08. The highest BCUT2D eigenvalue weighted by molar-refractivity contribution is 6.26. The first-order valence-corrected chi connectivity index (χ1v) is 23.9. The molecule has 5 nitrogen and oxygen atoms in total. The van der Waals surface area contributed by atoms with Gasteiger partial charge in [0.25, 0.3) is 0 Å². The maximum Gasteiger partial charge on any atom is 0.164 e. The summed E-state index contributed by atoms with van der Waals surface area (Å²) in [5, 5.41) is 16.6. The number of para-hydroxylation sites is 2. The van der Waals surface area contributed by atoms with Crippen molar-refractivity contribution < 1.29 is 0 Å². The van der Waals surface area contributed by atoms with Gasteiger partial charge in [-0.25, -0.2) is 15.0 Å². The average Bonchev–Trinajstić information content (AvgIpc) is 3.95. The number of benzene rings is 12. The minimum Gasteiger partial charge on any atom is -0.309 e. The summed E-state index contributed by atoms with van der Waals surface area (Å²) < 4.78 is 5.01. The summed E-state index contributed by atoms with van der Waals surface area (Å²) in [6.07, 6.45) is 0. The van der Waals surface area contributed by atoms with Crippen LogP contribution in [0.25, 0.3) is 143 Å². The van der Waals surface area contributed by atoms with Gasteiger partial charge in [-0.05, 0) is 85.6 Å². The molecular weight excluding hydrogens is 851 g/mol. The number of nitrogens with zero attached hydrogens (tertiary/aromatic N) is 5. The van der Waals surface area contributed by atoms with E-state index in [4.69, 9.17) is 15.0 Å². The van der Waals surface area contributed by atoms with Crippen LogP contribution in [0.3, 0.4) is 0 Å². The highest BCUT2D eigenvalue weighted by Gasteiger charge is 2.24. The topological polar surface area (TPSA) is 48.5 Å². The Hall–Kier alpha value is -9.45. The molecule has 0 N–H and O–H groups in total. The third-order valence-electron chi connectivity index (χ3n) is 14.5. The molecule has 0 saturated carbocycles. The van der Waals surface area contributed by atoms with Gasteiger partial charge in [0.05, 0.1) is 33.4 Å². The molecule has 3 heterocycles. The van der Waals surface area contributed by atoms with Crippen LogP contribution in [0.4, 0.5) is 0 Å². The molecule has 0 aliphatic rings. The van der Waals surface area contributed by atoms with Crippen molar-refractivity contribution in [2.24, 2.45) is 0 Å². The SMILES string of the molecule is c1ccc(-c2nc(-c3ccc4cccc(-n5c6ccccc6c6c(-n7c8ccccc8c8c9ccccc9ccc87)c7ccccc7cc65)c4c3)nc(-c3cc4ccccc4c4ccccc34)n2)cc1. The zero-order valence-electron chi connectivity index (χ0n) is 37.8. The van der Waals surface area contributed by atoms with Gasteiger partial charge in [-0.1, -0.05) is 194 Å². The first-order chi connectivity index (χ1) is 34.7. The van der Waals surface area contributed by atoms with E-state index in [1.165, 1.54) is 70.6 Å². The van der Waals surface area contributed by atoms with Crippen LogP contribution in [0.1, 0.15) is 0 Å². The van der Waals surface area contributed by atoms with E-state index in [-0.39, 0.29) is 0 Å². The van der Waals surface area contributed by atoms with E-state index in [0.29, 0.717) is 17.5 Å². The van der Waals surface area contributed by atoms with Gasteiger partial charge in [0.15, 0.2) is 17.5 Å². The fraction of sp³-hybridized carbons (Fsp3) is 0. The predicted molar refractivity (Wildman–Crippen MR) is 292 cm³/mol. The number of rotatable bonds is 5. The lowest BCUT2D eigenvalue weighted by Gasteiger charge is -2.16. The van der Waals surface area contributed by atoms with Crippen LogP contribution in [0.15, 0.2) is 237 Å². The maximum absolute atomic E-state index is 5.37. The first kappa shape index (κ1) is 38.6. The highest BCUT2D eigenvalue weighted by atomic mass is 15.0. The molecule has 0 bridgehead atoms. The molecule has 0 unspecified atom stereocenters. The van der Waals surface area contributed by atoms with Gasteiger partial charge < -0.3 is 9.13 Å². The summed E-state index contributed by atoms with van der Waals surface area (Å²) in [7, 11) is 0. The maximum atomic E-state index is 5.37. The molecule has 12 aromatic carbocycles. The van der Waals surface area contributed by atoms with Crippen molar-refractivity contribution in [2.45, 2.75) is 0 Å². The van der Waals surface area contributed by atoms with Gasteiger partial charge in [0.1, 0.15) is 0 Å². The minimum atomic E-state index is 0.618. The molecule has 0 spiro atoms. The van der Waals surface area contributed by atoms with E-state index >= 15 is 0 Å². The van der Waals surface area contributed by atoms with Gasteiger partial charge in [0, 0.05) is 49.0 Å². The minimum absolute atomic E-state index is 0.618. The van der Waals surface area contributed by atoms with Crippen molar-refractivity contribution in [3.8, 4) is 45.5 Å². The Bertz CT molecular complexity index is 4660. The molecule has 70 heavy (non-hydrogen) atoms. The smallest absolute Gasteiger partial charge is 0.164 e. The summed E-state index contributed by atoms with van der Waals surface area (Å²) >= 11 is 0. The molecule has 0 aliphatic heterocycles. The van der Waals surface area contributed by atoms with Crippen LogP contribution in [0.2, 0.25) is 0 Å². The Labute approximate surface area is 401 Å². The summed E-state index contributed by atoms with van der Waals surface area (Å²) in [5.74, 6) is 1.89. The molecular formula is C65H39N5. The third-order valence-corrected chi connectivity index (χ3v) is 14.5. The molecule has 0 saturated heterocycles. The second kappa shape index (κ2) is 15.0. The Balaban J connectivity index is 1.00. The van der Waals surface area contributed by atoms with E-state index < -0.39 is 0 Å². The molecule has 15 rings (SSSR count). The molecule has 0 atom stereocenters. The van der Waals surface area contributed by atoms with Gasteiger partial charge in [0.2, 0.25) is 0 Å². The summed E-state index contributed by atoms with van der Waals surface area (Å²) in [6.45, 7) is 0. The fourth-order valence-corrected chi connectivity index (χ4v) is 11.4. The summed E-state index contributed by atoms with van der Waals surface area (Å²) in [5.41, 5.74) is 9.72. The number of hydrogen-bond donors (Lipinski definition) is 0. The largest absolute Gasteiger partial charge is 0.309 e. The predicted octanol–water partition coefficient (Wildman–Crippen LogP) is 16.8. The number of aromatic nitrogens is 5. The van der Waals surface area contributed by atoms with Crippen LogP contribution >= 0.6 is 0 Å².